The normalized spacial score (nSPS) is 34.1. The first kappa shape index (κ1) is 12.0. The van der Waals surface area contributed by atoms with Gasteiger partial charge in [-0.2, -0.15) is 0 Å². The van der Waals surface area contributed by atoms with Crippen LogP contribution in [-0.4, -0.2) is 39.1 Å². The Kier molecular flexibility index (Phi) is 5.45. The first-order chi connectivity index (χ1) is 6.81. The topological polar surface area (TPSA) is 27.7 Å². The Hall–Kier alpha value is -0.120. The summed E-state index contributed by atoms with van der Waals surface area (Å²) in [5.74, 6) is 0. The Bertz CT molecular complexity index is 149. The Morgan fingerprint density at radius 2 is 1.79 bits per heavy atom. The minimum absolute atomic E-state index is 0.194. The molecule has 0 heterocycles. The molecular formula is C11H22O3. The summed E-state index contributed by atoms with van der Waals surface area (Å²) in [6, 6.07) is 0. The molecule has 3 heteroatoms. The number of hydrogen-bond donors (Lipinski definition) is 0. The van der Waals surface area contributed by atoms with Crippen molar-refractivity contribution in [2.45, 2.75) is 50.9 Å². The first-order valence-electron chi connectivity index (χ1n) is 5.49. The molecule has 0 aromatic heterocycles. The molecule has 0 spiro atoms. The van der Waals surface area contributed by atoms with Gasteiger partial charge in [0.25, 0.3) is 0 Å². The van der Waals surface area contributed by atoms with E-state index in [1.54, 1.807) is 14.2 Å². The number of rotatable bonds is 4. The van der Waals surface area contributed by atoms with Gasteiger partial charge in [-0.15, -0.1) is 0 Å². The van der Waals surface area contributed by atoms with E-state index < -0.39 is 0 Å². The average molecular weight is 202 g/mol. The molecule has 0 aromatic rings. The highest BCUT2D eigenvalue weighted by Crippen LogP contribution is 2.24. The van der Waals surface area contributed by atoms with Gasteiger partial charge in [0.05, 0.1) is 18.3 Å². The molecule has 0 aliphatic heterocycles. The second kappa shape index (κ2) is 6.38. The quantitative estimate of drug-likeness (QED) is 0.653. The molecule has 3 unspecified atom stereocenters. The Morgan fingerprint density at radius 3 is 2.36 bits per heavy atom. The summed E-state index contributed by atoms with van der Waals surface area (Å²) >= 11 is 0. The molecule has 0 saturated heterocycles. The molecule has 0 N–H and O–H groups in total. The second-order valence-electron chi connectivity index (χ2n) is 3.79. The molecule has 3 atom stereocenters. The van der Waals surface area contributed by atoms with E-state index in [0.717, 1.165) is 25.9 Å². The lowest BCUT2D eigenvalue weighted by molar-refractivity contribution is -0.0578. The lowest BCUT2D eigenvalue weighted by atomic mass is 10.1. The summed E-state index contributed by atoms with van der Waals surface area (Å²) in [5, 5.41) is 0. The van der Waals surface area contributed by atoms with Gasteiger partial charge in [-0.05, 0) is 26.2 Å². The summed E-state index contributed by atoms with van der Waals surface area (Å²) in [6.45, 7) is 2.83. The van der Waals surface area contributed by atoms with Crippen molar-refractivity contribution in [2.24, 2.45) is 0 Å². The summed E-state index contributed by atoms with van der Waals surface area (Å²) in [7, 11) is 3.52. The molecule has 0 bridgehead atoms. The average Bonchev–Trinajstić information content (AvgIpc) is 2.40. The van der Waals surface area contributed by atoms with Crippen molar-refractivity contribution in [1.82, 2.24) is 0 Å². The highest BCUT2D eigenvalue weighted by Gasteiger charge is 2.28. The fourth-order valence-corrected chi connectivity index (χ4v) is 2.17. The van der Waals surface area contributed by atoms with Gasteiger partial charge in [-0.3, -0.25) is 0 Å². The molecule has 0 amide bonds. The minimum atomic E-state index is 0.194. The van der Waals surface area contributed by atoms with Crippen molar-refractivity contribution in [3.05, 3.63) is 0 Å². The monoisotopic (exact) mass is 202 g/mol. The van der Waals surface area contributed by atoms with Crippen LogP contribution in [0.2, 0.25) is 0 Å². The van der Waals surface area contributed by atoms with Gasteiger partial charge in [0.1, 0.15) is 0 Å². The van der Waals surface area contributed by atoms with Crippen LogP contribution in [0, 0.1) is 0 Å². The lowest BCUT2D eigenvalue weighted by Gasteiger charge is -2.24. The fraction of sp³-hybridized carbons (Fsp3) is 1.00. The van der Waals surface area contributed by atoms with Crippen molar-refractivity contribution < 1.29 is 14.2 Å². The van der Waals surface area contributed by atoms with Crippen molar-refractivity contribution >= 4 is 0 Å². The van der Waals surface area contributed by atoms with Gasteiger partial charge in [-0.1, -0.05) is 0 Å². The SMILES string of the molecule is CCOC1CCCC(OC)C(OC)C1. The maximum atomic E-state index is 5.65. The smallest absolute Gasteiger partial charge is 0.0857 e. The fourth-order valence-electron chi connectivity index (χ4n) is 2.17. The van der Waals surface area contributed by atoms with Gasteiger partial charge >= 0.3 is 0 Å². The van der Waals surface area contributed by atoms with E-state index in [1.165, 1.54) is 6.42 Å². The Morgan fingerprint density at radius 1 is 1.07 bits per heavy atom. The molecule has 0 radical (unpaired) electrons. The van der Waals surface area contributed by atoms with Crippen molar-refractivity contribution in [1.29, 1.82) is 0 Å². The maximum absolute atomic E-state index is 5.65. The van der Waals surface area contributed by atoms with Gasteiger partial charge < -0.3 is 14.2 Å². The molecule has 1 aliphatic carbocycles. The molecule has 0 aromatic carbocycles. The molecular weight excluding hydrogens is 180 g/mol. The zero-order valence-corrected chi connectivity index (χ0v) is 9.49. The first-order valence-corrected chi connectivity index (χ1v) is 5.49. The number of hydrogen-bond acceptors (Lipinski definition) is 3. The summed E-state index contributed by atoms with van der Waals surface area (Å²) in [4.78, 5) is 0. The maximum Gasteiger partial charge on any atom is 0.0857 e. The molecule has 1 saturated carbocycles. The third kappa shape index (κ3) is 3.23. The largest absolute Gasteiger partial charge is 0.379 e. The highest BCUT2D eigenvalue weighted by molar-refractivity contribution is 4.79. The molecule has 1 rings (SSSR count). The van der Waals surface area contributed by atoms with E-state index in [9.17, 15) is 0 Å². The van der Waals surface area contributed by atoms with Crippen LogP contribution in [0.25, 0.3) is 0 Å². The predicted molar refractivity (Wildman–Crippen MR) is 55.5 cm³/mol. The van der Waals surface area contributed by atoms with Crippen LogP contribution >= 0.6 is 0 Å². The van der Waals surface area contributed by atoms with Gasteiger partial charge in [-0.25, -0.2) is 0 Å². The standard InChI is InChI=1S/C11H22O3/c1-4-14-9-6-5-7-10(12-2)11(8-9)13-3/h9-11H,4-8H2,1-3H3. The zero-order chi connectivity index (χ0) is 10.4. The minimum Gasteiger partial charge on any atom is -0.379 e. The van der Waals surface area contributed by atoms with Crippen LogP contribution in [-0.2, 0) is 14.2 Å². The van der Waals surface area contributed by atoms with Crippen LogP contribution in [0.4, 0.5) is 0 Å². The summed E-state index contributed by atoms with van der Waals surface area (Å²) in [5.41, 5.74) is 0. The van der Waals surface area contributed by atoms with Crippen LogP contribution in [0.5, 0.6) is 0 Å². The Balaban J connectivity index is 2.48. The van der Waals surface area contributed by atoms with Crippen molar-refractivity contribution in [2.75, 3.05) is 20.8 Å². The van der Waals surface area contributed by atoms with Crippen LogP contribution < -0.4 is 0 Å². The van der Waals surface area contributed by atoms with Crippen LogP contribution in [0.3, 0.4) is 0 Å². The molecule has 84 valence electrons. The Labute approximate surface area is 86.7 Å². The summed E-state index contributed by atoms with van der Waals surface area (Å²) < 4.78 is 16.5. The van der Waals surface area contributed by atoms with Crippen molar-refractivity contribution in [3.8, 4) is 0 Å². The predicted octanol–water partition coefficient (Wildman–Crippen LogP) is 2.00. The van der Waals surface area contributed by atoms with Crippen LogP contribution in [0.15, 0.2) is 0 Å². The number of methoxy groups -OCH3 is 2. The third-order valence-corrected chi connectivity index (χ3v) is 2.93. The van der Waals surface area contributed by atoms with Crippen molar-refractivity contribution in [3.63, 3.8) is 0 Å². The molecule has 3 nitrogen and oxygen atoms in total. The highest BCUT2D eigenvalue weighted by atomic mass is 16.5. The van der Waals surface area contributed by atoms with Gasteiger partial charge in [0.15, 0.2) is 0 Å². The number of ether oxygens (including phenoxy) is 3. The van der Waals surface area contributed by atoms with E-state index in [2.05, 4.69) is 0 Å². The molecule has 1 aliphatic rings. The van der Waals surface area contributed by atoms with Gasteiger partial charge in [0, 0.05) is 27.2 Å². The van der Waals surface area contributed by atoms with E-state index in [1.807, 2.05) is 6.92 Å². The van der Waals surface area contributed by atoms with E-state index in [-0.39, 0.29) is 12.2 Å². The van der Waals surface area contributed by atoms with Crippen LogP contribution in [0.1, 0.15) is 32.6 Å². The van der Waals surface area contributed by atoms with E-state index in [4.69, 9.17) is 14.2 Å². The molecule has 14 heavy (non-hydrogen) atoms. The zero-order valence-electron chi connectivity index (χ0n) is 9.49. The molecule has 1 fully saturated rings. The van der Waals surface area contributed by atoms with Gasteiger partial charge in [0.2, 0.25) is 0 Å². The van der Waals surface area contributed by atoms with E-state index >= 15 is 0 Å². The summed E-state index contributed by atoms with van der Waals surface area (Å²) in [6.07, 6.45) is 5.13. The lowest BCUT2D eigenvalue weighted by Crippen LogP contribution is -2.31. The third-order valence-electron chi connectivity index (χ3n) is 2.93. The second-order valence-corrected chi connectivity index (χ2v) is 3.79. The van der Waals surface area contributed by atoms with E-state index in [0.29, 0.717) is 6.10 Å².